The van der Waals surface area contributed by atoms with Crippen molar-refractivity contribution >= 4 is 58.2 Å². The number of rotatable bonds is 3. The van der Waals surface area contributed by atoms with Crippen molar-refractivity contribution in [2.75, 3.05) is 11.7 Å². The molecular formula is C12H11Cl2N5OS2. The van der Waals surface area contributed by atoms with Crippen LogP contribution in [0.1, 0.15) is 16.2 Å². The van der Waals surface area contributed by atoms with Crippen LogP contribution in [-0.4, -0.2) is 32.1 Å². The van der Waals surface area contributed by atoms with Crippen molar-refractivity contribution in [3.63, 3.8) is 0 Å². The lowest BCUT2D eigenvalue weighted by Gasteiger charge is -2.12. The van der Waals surface area contributed by atoms with Gasteiger partial charge in [0.1, 0.15) is 5.82 Å². The van der Waals surface area contributed by atoms with E-state index in [1.807, 2.05) is 6.26 Å². The molecule has 0 atom stereocenters. The molecule has 1 aromatic heterocycles. The number of thiocarbonyl (C=S) groups is 1. The summed E-state index contributed by atoms with van der Waals surface area (Å²) in [5.74, 6) is 0.182. The third-order valence-corrected chi connectivity index (χ3v) is 3.96. The molecule has 0 aliphatic carbocycles. The fourth-order valence-electron chi connectivity index (χ4n) is 1.58. The Morgan fingerprint density at radius 2 is 2.09 bits per heavy atom. The summed E-state index contributed by atoms with van der Waals surface area (Å²) in [6.45, 7) is 1.76. The first-order valence-electron chi connectivity index (χ1n) is 5.95. The lowest BCUT2D eigenvalue weighted by atomic mass is 10.2. The molecule has 1 amide bonds. The highest BCUT2D eigenvalue weighted by atomic mass is 35.5. The predicted molar refractivity (Wildman–Crippen MR) is 92.4 cm³/mol. The number of halogens is 2. The van der Waals surface area contributed by atoms with Crippen molar-refractivity contribution < 1.29 is 4.79 Å². The smallest absolute Gasteiger partial charge is 0.258 e. The highest BCUT2D eigenvalue weighted by molar-refractivity contribution is 7.98. The van der Waals surface area contributed by atoms with E-state index in [4.69, 9.17) is 35.4 Å². The number of carbonyl (C=O) groups excluding carboxylic acids is 1. The van der Waals surface area contributed by atoms with Gasteiger partial charge in [-0.3, -0.25) is 15.5 Å². The Hall–Kier alpha value is -1.35. The summed E-state index contributed by atoms with van der Waals surface area (Å²) in [7, 11) is 0. The van der Waals surface area contributed by atoms with Crippen molar-refractivity contribution in [3.05, 3.63) is 39.6 Å². The Morgan fingerprint density at radius 3 is 2.73 bits per heavy atom. The summed E-state index contributed by atoms with van der Waals surface area (Å²) < 4.78 is 1.58. The van der Waals surface area contributed by atoms with Gasteiger partial charge in [-0.25, -0.2) is 4.68 Å². The zero-order chi connectivity index (χ0) is 16.3. The number of thioether (sulfide) groups is 1. The number of carbonyl (C=O) groups is 1. The molecule has 1 heterocycles. The number of hydrogen-bond donors (Lipinski definition) is 2. The summed E-state index contributed by atoms with van der Waals surface area (Å²) >= 11 is 18.3. The molecule has 0 spiro atoms. The molecule has 0 aliphatic heterocycles. The van der Waals surface area contributed by atoms with Crippen molar-refractivity contribution in [3.8, 4) is 0 Å². The van der Waals surface area contributed by atoms with Gasteiger partial charge in [0, 0.05) is 5.02 Å². The van der Waals surface area contributed by atoms with Crippen LogP contribution in [0.5, 0.6) is 0 Å². The first kappa shape index (κ1) is 17.0. The largest absolute Gasteiger partial charge is 0.298 e. The monoisotopic (exact) mass is 375 g/mol. The van der Waals surface area contributed by atoms with Crippen LogP contribution in [0, 0.1) is 6.92 Å². The van der Waals surface area contributed by atoms with Gasteiger partial charge in [0.25, 0.3) is 5.91 Å². The van der Waals surface area contributed by atoms with Crippen molar-refractivity contribution in [1.29, 1.82) is 0 Å². The minimum atomic E-state index is -0.435. The van der Waals surface area contributed by atoms with E-state index in [2.05, 4.69) is 20.9 Å². The molecule has 1 aromatic carbocycles. The van der Waals surface area contributed by atoms with Crippen LogP contribution in [0.15, 0.2) is 23.4 Å². The second-order valence-corrected chi connectivity index (χ2v) is 6.11. The number of nitrogens with zero attached hydrogens (tertiary/aromatic N) is 3. The molecule has 0 saturated heterocycles. The number of benzene rings is 1. The molecule has 0 radical (unpaired) electrons. The second-order valence-electron chi connectivity index (χ2n) is 4.09. The van der Waals surface area contributed by atoms with Gasteiger partial charge in [0.15, 0.2) is 5.11 Å². The van der Waals surface area contributed by atoms with Crippen molar-refractivity contribution in [1.82, 2.24) is 20.2 Å². The molecule has 2 N–H and O–H groups in total. The highest BCUT2D eigenvalue weighted by Gasteiger charge is 2.14. The third kappa shape index (κ3) is 3.89. The molecule has 2 aromatic rings. The predicted octanol–water partition coefficient (Wildman–Crippen LogP) is 2.87. The molecule has 2 rings (SSSR count). The van der Waals surface area contributed by atoms with Crippen molar-refractivity contribution in [2.24, 2.45) is 0 Å². The van der Waals surface area contributed by atoms with Gasteiger partial charge in [-0.1, -0.05) is 35.0 Å². The standard InChI is InChI=1S/C12H11Cl2N5OS2/c1-6-16-17-12(22-2)19(6)18-11(21)15-10(20)8-4-3-7(13)5-9(8)14/h3-5H,1-2H3,(H2,15,18,20,21). The minimum Gasteiger partial charge on any atom is -0.298 e. The fraction of sp³-hybridized carbons (Fsp3) is 0.167. The Balaban J connectivity index is 2.08. The van der Waals surface area contributed by atoms with Crippen LogP contribution in [0.4, 0.5) is 0 Å². The van der Waals surface area contributed by atoms with Gasteiger partial charge in [-0.05, 0) is 43.6 Å². The molecule has 6 nitrogen and oxygen atoms in total. The van der Waals surface area contributed by atoms with E-state index in [0.29, 0.717) is 16.0 Å². The van der Waals surface area contributed by atoms with E-state index in [1.54, 1.807) is 17.7 Å². The topological polar surface area (TPSA) is 71.8 Å². The van der Waals surface area contributed by atoms with E-state index >= 15 is 0 Å². The molecule has 0 aliphatic rings. The molecule has 0 saturated carbocycles. The molecule has 0 unspecified atom stereocenters. The zero-order valence-corrected chi connectivity index (χ0v) is 14.7. The highest BCUT2D eigenvalue weighted by Crippen LogP contribution is 2.20. The summed E-state index contributed by atoms with van der Waals surface area (Å²) in [4.78, 5) is 12.1. The number of nitrogens with one attached hydrogen (secondary N) is 2. The lowest BCUT2D eigenvalue weighted by molar-refractivity contribution is 0.0977. The van der Waals surface area contributed by atoms with E-state index in [1.165, 1.54) is 23.9 Å². The van der Waals surface area contributed by atoms with Gasteiger partial charge in [-0.15, -0.1) is 10.2 Å². The van der Waals surface area contributed by atoms with E-state index in [9.17, 15) is 4.79 Å². The Kier molecular flexibility index (Phi) is 5.63. The Bertz CT molecular complexity index is 734. The molecule has 0 fully saturated rings. The summed E-state index contributed by atoms with van der Waals surface area (Å²) in [6, 6.07) is 4.60. The average Bonchev–Trinajstić information content (AvgIpc) is 2.79. The van der Waals surface area contributed by atoms with Gasteiger partial charge < -0.3 is 0 Å². The molecule has 0 bridgehead atoms. The number of aryl methyl sites for hydroxylation is 1. The quantitative estimate of drug-likeness (QED) is 0.634. The first-order valence-corrected chi connectivity index (χ1v) is 8.34. The van der Waals surface area contributed by atoms with Gasteiger partial charge >= 0.3 is 0 Å². The average molecular weight is 376 g/mol. The molecule has 116 valence electrons. The van der Waals surface area contributed by atoms with Crippen LogP contribution in [0.3, 0.4) is 0 Å². The normalized spacial score (nSPS) is 10.4. The minimum absolute atomic E-state index is 0.106. The number of amides is 1. The molecular weight excluding hydrogens is 365 g/mol. The maximum absolute atomic E-state index is 12.1. The second kappa shape index (κ2) is 7.28. The summed E-state index contributed by atoms with van der Waals surface area (Å²) in [5.41, 5.74) is 3.12. The van der Waals surface area contributed by atoms with Gasteiger partial charge in [0.05, 0.1) is 10.6 Å². The van der Waals surface area contributed by atoms with Crippen molar-refractivity contribution in [2.45, 2.75) is 12.1 Å². The third-order valence-electron chi connectivity index (χ3n) is 2.59. The van der Waals surface area contributed by atoms with Crippen LogP contribution in [-0.2, 0) is 0 Å². The Labute approximate surface area is 146 Å². The first-order chi connectivity index (χ1) is 10.4. The number of hydrogen-bond acceptors (Lipinski definition) is 5. The maximum atomic E-state index is 12.1. The maximum Gasteiger partial charge on any atom is 0.258 e. The van der Waals surface area contributed by atoms with Crippen LogP contribution in [0.25, 0.3) is 0 Å². The number of aromatic nitrogens is 3. The van der Waals surface area contributed by atoms with Crippen LogP contribution < -0.4 is 10.7 Å². The van der Waals surface area contributed by atoms with Gasteiger partial charge in [0.2, 0.25) is 5.16 Å². The summed E-state index contributed by atoms with van der Waals surface area (Å²) in [6.07, 6.45) is 1.86. The zero-order valence-electron chi connectivity index (χ0n) is 11.6. The lowest BCUT2D eigenvalue weighted by Crippen LogP contribution is -2.38. The van der Waals surface area contributed by atoms with Crippen LogP contribution >= 0.6 is 47.2 Å². The Morgan fingerprint density at radius 1 is 1.36 bits per heavy atom. The van der Waals surface area contributed by atoms with E-state index in [-0.39, 0.29) is 15.7 Å². The van der Waals surface area contributed by atoms with E-state index < -0.39 is 5.91 Å². The summed E-state index contributed by atoms with van der Waals surface area (Å²) in [5, 5.41) is 11.8. The SMILES string of the molecule is CSc1nnc(C)n1NC(=S)NC(=O)c1ccc(Cl)cc1Cl. The van der Waals surface area contributed by atoms with Crippen LogP contribution in [0.2, 0.25) is 10.0 Å². The molecule has 10 heteroatoms. The van der Waals surface area contributed by atoms with Gasteiger partial charge in [-0.2, -0.15) is 0 Å². The van der Waals surface area contributed by atoms with E-state index in [0.717, 1.165) is 0 Å². The fourth-order valence-corrected chi connectivity index (χ4v) is 2.74. The molecule has 22 heavy (non-hydrogen) atoms.